The summed E-state index contributed by atoms with van der Waals surface area (Å²) >= 11 is 0. The Bertz CT molecular complexity index is 381. The number of carboxylic acids is 1. The van der Waals surface area contributed by atoms with E-state index in [9.17, 15) is 9.59 Å². The summed E-state index contributed by atoms with van der Waals surface area (Å²) in [6.45, 7) is 2.28. The second-order valence-corrected chi connectivity index (χ2v) is 5.66. The third-order valence-electron chi connectivity index (χ3n) is 3.96. The molecule has 0 aromatic carbocycles. The van der Waals surface area contributed by atoms with Gasteiger partial charge in [-0.1, -0.05) is 12.8 Å². The van der Waals surface area contributed by atoms with Crippen LogP contribution in [0, 0.1) is 18.3 Å². The van der Waals surface area contributed by atoms with Crippen molar-refractivity contribution in [2.24, 2.45) is 5.92 Å². The number of carbonyl (C=O) groups is 2. The van der Waals surface area contributed by atoms with Gasteiger partial charge in [-0.15, -0.1) is 6.42 Å². The maximum Gasteiger partial charge on any atom is 0.317 e. The first-order valence-corrected chi connectivity index (χ1v) is 7.07. The maximum absolute atomic E-state index is 12.2. The zero-order valence-corrected chi connectivity index (χ0v) is 12.3. The molecule has 1 aliphatic rings. The van der Waals surface area contributed by atoms with Gasteiger partial charge in [0.2, 0.25) is 5.91 Å². The molecule has 5 heteroatoms. The Morgan fingerprint density at radius 1 is 1.25 bits per heavy atom. The molecule has 0 radical (unpaired) electrons. The van der Waals surface area contributed by atoms with E-state index in [1.54, 1.807) is 11.9 Å². The van der Waals surface area contributed by atoms with Crippen LogP contribution in [0.2, 0.25) is 0 Å². The van der Waals surface area contributed by atoms with Crippen LogP contribution in [0.15, 0.2) is 0 Å². The first-order valence-electron chi connectivity index (χ1n) is 7.07. The molecule has 5 nitrogen and oxygen atoms in total. The fraction of sp³-hybridized carbons (Fsp3) is 0.733. The topological polar surface area (TPSA) is 60.9 Å². The maximum atomic E-state index is 12.2. The molecular formula is C15H24N2O3. The Kier molecular flexibility index (Phi) is 6.53. The summed E-state index contributed by atoms with van der Waals surface area (Å²) in [6.07, 6.45) is 9.54. The lowest BCUT2D eigenvalue weighted by Gasteiger charge is -2.34. The summed E-state index contributed by atoms with van der Waals surface area (Å²) in [7, 11) is 1.80. The van der Waals surface area contributed by atoms with Crippen LogP contribution in [-0.4, -0.2) is 59.5 Å². The van der Waals surface area contributed by atoms with Crippen LogP contribution in [0.5, 0.6) is 0 Å². The monoisotopic (exact) mass is 280 g/mol. The van der Waals surface area contributed by atoms with Gasteiger partial charge in [-0.2, -0.15) is 0 Å². The molecule has 0 aromatic heterocycles. The Labute approximate surface area is 120 Å². The molecule has 0 bridgehead atoms. The fourth-order valence-corrected chi connectivity index (χ4v) is 2.62. The summed E-state index contributed by atoms with van der Waals surface area (Å²) in [5.74, 6) is 2.11. The van der Waals surface area contributed by atoms with Crippen molar-refractivity contribution in [2.45, 2.75) is 38.6 Å². The molecule has 1 aliphatic carbocycles. The number of amides is 1. The second kappa shape index (κ2) is 7.91. The van der Waals surface area contributed by atoms with Crippen molar-refractivity contribution in [1.82, 2.24) is 9.80 Å². The molecule has 0 spiro atoms. The minimum Gasteiger partial charge on any atom is -0.480 e. The number of rotatable bonds is 6. The van der Waals surface area contributed by atoms with Crippen LogP contribution >= 0.6 is 0 Å². The highest BCUT2D eigenvalue weighted by Gasteiger charge is 2.25. The van der Waals surface area contributed by atoms with Gasteiger partial charge in [0.25, 0.3) is 0 Å². The van der Waals surface area contributed by atoms with Crippen LogP contribution in [-0.2, 0) is 9.59 Å². The fourth-order valence-electron chi connectivity index (χ4n) is 2.62. The average molecular weight is 280 g/mol. The van der Waals surface area contributed by atoms with Crippen molar-refractivity contribution >= 4 is 11.9 Å². The highest BCUT2D eigenvalue weighted by molar-refractivity contribution is 5.79. The molecule has 0 heterocycles. The molecule has 0 aromatic rings. The van der Waals surface area contributed by atoms with Gasteiger partial charge in [-0.05, 0) is 31.6 Å². The highest BCUT2D eigenvalue weighted by Crippen LogP contribution is 2.26. The molecule has 20 heavy (non-hydrogen) atoms. The largest absolute Gasteiger partial charge is 0.480 e. The van der Waals surface area contributed by atoms with Crippen LogP contribution in [0.3, 0.4) is 0 Å². The third-order valence-corrected chi connectivity index (χ3v) is 3.96. The second-order valence-electron chi connectivity index (χ2n) is 5.66. The average Bonchev–Trinajstić information content (AvgIpc) is 2.38. The standard InChI is InChI=1S/C15H24N2O3/c1-4-9-17(11-15(19)20)10-14(18)16(3)13-7-5-12(2)6-8-13/h1,12-13H,5-11H2,2-3H3,(H,19,20). The zero-order chi connectivity index (χ0) is 15.1. The molecule has 1 N–H and O–H groups in total. The quantitative estimate of drug-likeness (QED) is 0.739. The Morgan fingerprint density at radius 2 is 1.85 bits per heavy atom. The van der Waals surface area contributed by atoms with Gasteiger partial charge in [0.1, 0.15) is 0 Å². The van der Waals surface area contributed by atoms with Gasteiger partial charge in [-0.25, -0.2) is 0 Å². The number of carboxylic acid groups (broad SMARTS) is 1. The normalized spacial score (nSPS) is 22.3. The Hall–Kier alpha value is -1.54. The number of hydrogen-bond donors (Lipinski definition) is 1. The molecular weight excluding hydrogens is 256 g/mol. The molecule has 1 saturated carbocycles. The van der Waals surface area contributed by atoms with E-state index in [0.717, 1.165) is 31.6 Å². The summed E-state index contributed by atoms with van der Waals surface area (Å²) in [5, 5.41) is 8.80. The molecule has 0 aliphatic heterocycles. The van der Waals surface area contributed by atoms with Gasteiger partial charge in [0.15, 0.2) is 0 Å². The van der Waals surface area contributed by atoms with E-state index in [1.807, 2.05) is 0 Å². The van der Waals surface area contributed by atoms with Crippen molar-refractivity contribution in [3.8, 4) is 12.3 Å². The first-order chi connectivity index (χ1) is 9.43. The highest BCUT2D eigenvalue weighted by atomic mass is 16.4. The van der Waals surface area contributed by atoms with Crippen molar-refractivity contribution in [2.75, 3.05) is 26.7 Å². The SMILES string of the molecule is C#CCN(CC(=O)O)CC(=O)N(C)C1CCC(C)CC1. The number of nitrogens with zero attached hydrogens (tertiary/aromatic N) is 2. The van der Waals surface area contributed by atoms with Crippen molar-refractivity contribution in [1.29, 1.82) is 0 Å². The van der Waals surface area contributed by atoms with E-state index in [1.165, 1.54) is 4.90 Å². The first kappa shape index (κ1) is 16.5. The lowest BCUT2D eigenvalue weighted by atomic mass is 9.87. The summed E-state index contributed by atoms with van der Waals surface area (Å²) < 4.78 is 0. The molecule has 1 rings (SSSR count). The number of terminal acetylenes is 1. The molecule has 0 atom stereocenters. The smallest absolute Gasteiger partial charge is 0.317 e. The van der Waals surface area contributed by atoms with Gasteiger partial charge in [0, 0.05) is 13.1 Å². The molecule has 0 unspecified atom stereocenters. The number of likely N-dealkylation sites (N-methyl/N-ethyl adjacent to an activating group) is 1. The van der Waals surface area contributed by atoms with E-state index < -0.39 is 5.97 Å². The van der Waals surface area contributed by atoms with E-state index in [4.69, 9.17) is 11.5 Å². The van der Waals surface area contributed by atoms with Crippen LogP contribution in [0.1, 0.15) is 32.6 Å². The van der Waals surface area contributed by atoms with Crippen molar-refractivity contribution < 1.29 is 14.7 Å². The lowest BCUT2D eigenvalue weighted by molar-refractivity contribution is -0.139. The minimum absolute atomic E-state index is 0.0546. The number of carbonyl (C=O) groups excluding carboxylic acids is 1. The molecule has 112 valence electrons. The van der Waals surface area contributed by atoms with Crippen LogP contribution in [0.25, 0.3) is 0 Å². The van der Waals surface area contributed by atoms with Crippen molar-refractivity contribution in [3.05, 3.63) is 0 Å². The van der Waals surface area contributed by atoms with Gasteiger partial charge < -0.3 is 10.0 Å². The van der Waals surface area contributed by atoms with Crippen LogP contribution < -0.4 is 0 Å². The molecule has 0 saturated heterocycles. The van der Waals surface area contributed by atoms with Gasteiger partial charge in [0.05, 0.1) is 19.6 Å². The zero-order valence-electron chi connectivity index (χ0n) is 12.3. The minimum atomic E-state index is -0.970. The Balaban J connectivity index is 2.50. The van der Waals surface area contributed by atoms with Gasteiger partial charge >= 0.3 is 5.97 Å². The van der Waals surface area contributed by atoms with E-state index in [-0.39, 0.29) is 31.6 Å². The van der Waals surface area contributed by atoms with Crippen molar-refractivity contribution in [3.63, 3.8) is 0 Å². The number of hydrogen-bond acceptors (Lipinski definition) is 3. The summed E-state index contributed by atoms with van der Waals surface area (Å²) in [4.78, 5) is 26.2. The molecule has 1 amide bonds. The summed E-state index contributed by atoms with van der Waals surface area (Å²) in [6, 6.07) is 0.274. The van der Waals surface area contributed by atoms with E-state index in [0.29, 0.717) is 0 Å². The summed E-state index contributed by atoms with van der Waals surface area (Å²) in [5.41, 5.74) is 0. The van der Waals surface area contributed by atoms with E-state index in [2.05, 4.69) is 12.8 Å². The number of aliphatic carboxylic acids is 1. The van der Waals surface area contributed by atoms with E-state index >= 15 is 0 Å². The van der Waals surface area contributed by atoms with Crippen LogP contribution in [0.4, 0.5) is 0 Å². The third kappa shape index (κ3) is 5.22. The predicted molar refractivity (Wildman–Crippen MR) is 77.1 cm³/mol. The predicted octanol–water partition coefficient (Wildman–Crippen LogP) is 1.04. The Morgan fingerprint density at radius 3 is 2.35 bits per heavy atom. The van der Waals surface area contributed by atoms with Gasteiger partial charge in [-0.3, -0.25) is 14.5 Å². The molecule has 1 fully saturated rings. The lowest BCUT2D eigenvalue weighted by Crippen LogP contribution is -2.45.